The second kappa shape index (κ2) is 9.83. The summed E-state index contributed by atoms with van der Waals surface area (Å²) in [7, 11) is 0. The average Bonchev–Trinajstić information content (AvgIpc) is 2.79. The predicted molar refractivity (Wildman–Crippen MR) is 68.4 cm³/mol. The van der Waals surface area contributed by atoms with Crippen molar-refractivity contribution >= 4 is 0 Å². The van der Waals surface area contributed by atoms with Crippen LogP contribution in [0.2, 0.25) is 0 Å². The van der Waals surface area contributed by atoms with Gasteiger partial charge in [0, 0.05) is 19.8 Å². The second-order valence-corrected chi connectivity index (χ2v) is 4.73. The first-order chi connectivity index (χ1) is 8.29. The third-order valence-electron chi connectivity index (χ3n) is 2.70. The fourth-order valence-electron chi connectivity index (χ4n) is 1.78. The smallest absolute Gasteiger partial charge is 0.0809 e. The Labute approximate surface area is 105 Å². The van der Waals surface area contributed by atoms with Crippen molar-refractivity contribution in [3.8, 4) is 0 Å². The van der Waals surface area contributed by atoms with Crippen LogP contribution >= 0.6 is 0 Å². The molecule has 17 heavy (non-hydrogen) atoms. The maximum Gasteiger partial charge on any atom is 0.0809 e. The van der Waals surface area contributed by atoms with Crippen molar-refractivity contribution in [3.05, 3.63) is 0 Å². The Morgan fingerprint density at radius 3 is 2.88 bits per heavy atom. The highest BCUT2D eigenvalue weighted by Gasteiger charge is 2.14. The topological polar surface area (TPSA) is 39.7 Å². The van der Waals surface area contributed by atoms with E-state index in [0.717, 1.165) is 52.4 Å². The molecule has 0 aromatic rings. The Hall–Kier alpha value is -0.160. The Morgan fingerprint density at radius 2 is 2.18 bits per heavy atom. The molecule has 1 aliphatic rings. The lowest BCUT2D eigenvalue weighted by Gasteiger charge is -2.11. The summed E-state index contributed by atoms with van der Waals surface area (Å²) in [5.74, 6) is 0. The van der Waals surface area contributed by atoms with Crippen LogP contribution in [0.4, 0.5) is 0 Å². The summed E-state index contributed by atoms with van der Waals surface area (Å²) in [4.78, 5) is 0. The van der Waals surface area contributed by atoms with Crippen LogP contribution in [0.25, 0.3) is 0 Å². The Balaban J connectivity index is 1.72. The highest BCUT2D eigenvalue weighted by Crippen LogP contribution is 2.11. The molecule has 1 unspecified atom stereocenters. The van der Waals surface area contributed by atoms with Gasteiger partial charge in [-0.25, -0.2) is 0 Å². The van der Waals surface area contributed by atoms with Gasteiger partial charge in [-0.1, -0.05) is 0 Å². The molecule has 1 N–H and O–H groups in total. The zero-order valence-electron chi connectivity index (χ0n) is 11.2. The quantitative estimate of drug-likeness (QED) is 0.593. The molecule has 1 saturated heterocycles. The van der Waals surface area contributed by atoms with Crippen LogP contribution in [0.3, 0.4) is 0 Å². The van der Waals surface area contributed by atoms with E-state index in [1.165, 1.54) is 6.42 Å². The number of hydrogen-bond acceptors (Lipinski definition) is 4. The van der Waals surface area contributed by atoms with Crippen molar-refractivity contribution in [2.45, 2.75) is 45.3 Å². The number of hydrogen-bond donors (Lipinski definition) is 1. The monoisotopic (exact) mass is 245 g/mol. The SMILES string of the molecule is CC(C)OCCCNCCOCC1CCCO1. The van der Waals surface area contributed by atoms with Gasteiger partial charge in [-0.05, 0) is 39.7 Å². The zero-order valence-corrected chi connectivity index (χ0v) is 11.2. The van der Waals surface area contributed by atoms with Crippen LogP contribution < -0.4 is 5.32 Å². The van der Waals surface area contributed by atoms with E-state index in [1.807, 2.05) is 0 Å². The molecule has 1 aliphatic heterocycles. The molecular formula is C13H27NO3. The zero-order chi connectivity index (χ0) is 12.3. The lowest BCUT2D eigenvalue weighted by molar-refractivity contribution is 0.0181. The molecule has 0 aromatic carbocycles. The van der Waals surface area contributed by atoms with E-state index in [4.69, 9.17) is 14.2 Å². The number of nitrogens with one attached hydrogen (secondary N) is 1. The molecule has 1 heterocycles. The molecular weight excluding hydrogens is 218 g/mol. The third-order valence-corrected chi connectivity index (χ3v) is 2.70. The predicted octanol–water partition coefficient (Wildman–Crippen LogP) is 1.59. The third kappa shape index (κ3) is 8.55. The van der Waals surface area contributed by atoms with E-state index in [0.29, 0.717) is 12.2 Å². The molecule has 1 atom stereocenters. The first kappa shape index (κ1) is 14.9. The van der Waals surface area contributed by atoms with Crippen molar-refractivity contribution in [2.75, 3.05) is 39.5 Å². The Kier molecular flexibility index (Phi) is 8.61. The van der Waals surface area contributed by atoms with Crippen molar-refractivity contribution in [1.82, 2.24) is 5.32 Å². The summed E-state index contributed by atoms with van der Waals surface area (Å²) in [5.41, 5.74) is 0. The molecule has 4 nitrogen and oxygen atoms in total. The second-order valence-electron chi connectivity index (χ2n) is 4.73. The molecule has 0 spiro atoms. The molecule has 1 fully saturated rings. The molecule has 0 aromatic heterocycles. The maximum absolute atomic E-state index is 5.54. The van der Waals surface area contributed by atoms with Crippen LogP contribution in [0.1, 0.15) is 33.1 Å². The normalized spacial score (nSPS) is 20.3. The van der Waals surface area contributed by atoms with E-state index < -0.39 is 0 Å². The highest BCUT2D eigenvalue weighted by molar-refractivity contribution is 4.63. The van der Waals surface area contributed by atoms with E-state index in [1.54, 1.807) is 0 Å². The van der Waals surface area contributed by atoms with Gasteiger partial charge in [-0.15, -0.1) is 0 Å². The van der Waals surface area contributed by atoms with E-state index in [2.05, 4.69) is 19.2 Å². The first-order valence-electron chi connectivity index (χ1n) is 6.80. The van der Waals surface area contributed by atoms with Gasteiger partial charge < -0.3 is 19.5 Å². The molecule has 0 radical (unpaired) electrons. The van der Waals surface area contributed by atoms with Crippen LogP contribution in [0.15, 0.2) is 0 Å². The lowest BCUT2D eigenvalue weighted by atomic mass is 10.2. The largest absolute Gasteiger partial charge is 0.379 e. The molecule has 0 saturated carbocycles. The van der Waals surface area contributed by atoms with Gasteiger partial charge in [-0.2, -0.15) is 0 Å². The summed E-state index contributed by atoms with van der Waals surface area (Å²) < 4.78 is 16.5. The van der Waals surface area contributed by atoms with Crippen molar-refractivity contribution < 1.29 is 14.2 Å². The van der Waals surface area contributed by atoms with Gasteiger partial charge in [0.2, 0.25) is 0 Å². The van der Waals surface area contributed by atoms with E-state index >= 15 is 0 Å². The van der Waals surface area contributed by atoms with E-state index in [-0.39, 0.29) is 0 Å². The van der Waals surface area contributed by atoms with Gasteiger partial charge in [0.25, 0.3) is 0 Å². The minimum absolute atomic E-state index is 0.338. The maximum atomic E-state index is 5.54. The minimum Gasteiger partial charge on any atom is -0.379 e. The van der Waals surface area contributed by atoms with Crippen LogP contribution in [-0.4, -0.2) is 51.7 Å². The van der Waals surface area contributed by atoms with E-state index in [9.17, 15) is 0 Å². The summed E-state index contributed by atoms with van der Waals surface area (Å²) in [6.45, 7) is 9.29. The summed E-state index contributed by atoms with van der Waals surface area (Å²) in [6, 6.07) is 0. The standard InChI is InChI=1S/C13H27NO3/c1-12(2)16-9-4-6-14-7-10-15-11-13-5-3-8-17-13/h12-14H,3-11H2,1-2H3. The fourth-order valence-corrected chi connectivity index (χ4v) is 1.78. The minimum atomic E-state index is 0.338. The molecule has 0 aliphatic carbocycles. The summed E-state index contributed by atoms with van der Waals surface area (Å²) in [5, 5.41) is 3.34. The van der Waals surface area contributed by atoms with Gasteiger partial charge in [0.1, 0.15) is 0 Å². The van der Waals surface area contributed by atoms with Crippen molar-refractivity contribution in [1.29, 1.82) is 0 Å². The highest BCUT2D eigenvalue weighted by atomic mass is 16.5. The molecule has 0 bridgehead atoms. The van der Waals surface area contributed by atoms with Crippen molar-refractivity contribution in [3.63, 3.8) is 0 Å². The van der Waals surface area contributed by atoms with Crippen molar-refractivity contribution in [2.24, 2.45) is 0 Å². The molecule has 102 valence electrons. The van der Waals surface area contributed by atoms with Crippen LogP contribution in [-0.2, 0) is 14.2 Å². The molecule has 0 amide bonds. The number of rotatable bonds is 10. The average molecular weight is 245 g/mol. The summed E-state index contributed by atoms with van der Waals surface area (Å²) >= 11 is 0. The van der Waals surface area contributed by atoms with Gasteiger partial charge in [0.15, 0.2) is 0 Å². The van der Waals surface area contributed by atoms with Gasteiger partial charge in [-0.3, -0.25) is 0 Å². The first-order valence-corrected chi connectivity index (χ1v) is 6.80. The molecule has 1 rings (SSSR count). The molecule has 4 heteroatoms. The Morgan fingerprint density at radius 1 is 1.29 bits per heavy atom. The van der Waals surface area contributed by atoms with Gasteiger partial charge >= 0.3 is 0 Å². The number of ether oxygens (including phenoxy) is 3. The van der Waals surface area contributed by atoms with Gasteiger partial charge in [0.05, 0.1) is 25.4 Å². The lowest BCUT2D eigenvalue weighted by Crippen LogP contribution is -2.24. The van der Waals surface area contributed by atoms with Crippen LogP contribution in [0.5, 0.6) is 0 Å². The fraction of sp³-hybridized carbons (Fsp3) is 1.00. The summed E-state index contributed by atoms with van der Waals surface area (Å²) in [6.07, 6.45) is 4.07. The van der Waals surface area contributed by atoms with Crippen LogP contribution in [0, 0.1) is 0 Å². The Bertz CT molecular complexity index is 170.